The van der Waals surface area contributed by atoms with Gasteiger partial charge in [0.05, 0.1) is 31.2 Å². The molecule has 0 saturated carbocycles. The van der Waals surface area contributed by atoms with Crippen LogP contribution >= 0.6 is 0 Å². The number of imidazole rings is 1. The van der Waals surface area contributed by atoms with Crippen LogP contribution in [0.3, 0.4) is 0 Å². The molecule has 0 saturated heterocycles. The quantitative estimate of drug-likeness (QED) is 0.497. The molecule has 1 amide bonds. The summed E-state index contributed by atoms with van der Waals surface area (Å²) in [7, 11) is 3.56. The first kappa shape index (κ1) is 20.6. The van der Waals surface area contributed by atoms with Gasteiger partial charge in [0.25, 0.3) is 0 Å². The minimum Gasteiger partial charge on any atom is -0.497 e. The van der Waals surface area contributed by atoms with Gasteiger partial charge in [0, 0.05) is 11.4 Å². The number of ether oxygens (including phenoxy) is 1. The summed E-state index contributed by atoms with van der Waals surface area (Å²) in [4.78, 5) is 23.6. The highest BCUT2D eigenvalue weighted by molar-refractivity contribution is 5.91. The molecule has 31 heavy (non-hydrogen) atoms. The van der Waals surface area contributed by atoms with Gasteiger partial charge < -0.3 is 10.1 Å². The Balaban J connectivity index is 1.55. The maximum absolute atomic E-state index is 12.5. The van der Waals surface area contributed by atoms with Crippen molar-refractivity contribution in [3.8, 4) is 11.4 Å². The number of pyridine rings is 1. The van der Waals surface area contributed by atoms with Crippen molar-refractivity contribution < 1.29 is 9.53 Å². The van der Waals surface area contributed by atoms with Crippen molar-refractivity contribution in [2.45, 2.75) is 13.5 Å². The average molecular weight is 415 g/mol. The third-order valence-electron chi connectivity index (χ3n) is 4.94. The SMILES string of the molecule is COc1ccc(-n2c(CN(C)CC(=O)Nc3cccc(C)n3)nc3ccccc32)cc1. The Kier molecular flexibility index (Phi) is 5.95. The molecule has 2 aromatic carbocycles. The molecule has 0 unspecified atom stereocenters. The zero-order valence-electron chi connectivity index (χ0n) is 17.9. The normalized spacial score (nSPS) is 11.1. The fourth-order valence-corrected chi connectivity index (χ4v) is 3.54. The highest BCUT2D eigenvalue weighted by Crippen LogP contribution is 2.24. The molecule has 0 aliphatic heterocycles. The van der Waals surface area contributed by atoms with Gasteiger partial charge >= 0.3 is 0 Å². The largest absolute Gasteiger partial charge is 0.497 e. The number of likely N-dealkylation sites (N-methyl/N-ethyl adjacent to an activating group) is 1. The molecule has 0 bridgehead atoms. The lowest BCUT2D eigenvalue weighted by Crippen LogP contribution is -2.31. The lowest BCUT2D eigenvalue weighted by atomic mass is 10.2. The number of fused-ring (bicyclic) bond motifs is 1. The van der Waals surface area contributed by atoms with Crippen LogP contribution in [0.25, 0.3) is 16.7 Å². The summed E-state index contributed by atoms with van der Waals surface area (Å²) in [6.45, 7) is 2.63. The van der Waals surface area contributed by atoms with Gasteiger partial charge in [0.15, 0.2) is 0 Å². The van der Waals surface area contributed by atoms with Crippen LogP contribution in [0.5, 0.6) is 5.75 Å². The Bertz CT molecular complexity index is 1200. The number of methoxy groups -OCH3 is 1. The number of hydrogen-bond acceptors (Lipinski definition) is 5. The van der Waals surface area contributed by atoms with Gasteiger partial charge in [-0.05, 0) is 62.5 Å². The number of para-hydroxylation sites is 2. The fraction of sp³-hybridized carbons (Fsp3) is 0.208. The van der Waals surface area contributed by atoms with E-state index < -0.39 is 0 Å². The monoisotopic (exact) mass is 415 g/mol. The highest BCUT2D eigenvalue weighted by Gasteiger charge is 2.16. The van der Waals surface area contributed by atoms with Gasteiger partial charge in [0.1, 0.15) is 17.4 Å². The molecular weight excluding hydrogens is 390 g/mol. The van der Waals surface area contributed by atoms with Crippen molar-refractivity contribution >= 4 is 22.8 Å². The van der Waals surface area contributed by atoms with Crippen molar-refractivity contribution in [1.82, 2.24) is 19.4 Å². The molecule has 2 heterocycles. The summed E-state index contributed by atoms with van der Waals surface area (Å²) in [6.07, 6.45) is 0. The van der Waals surface area contributed by atoms with E-state index >= 15 is 0 Å². The zero-order valence-corrected chi connectivity index (χ0v) is 17.9. The number of amides is 1. The van der Waals surface area contributed by atoms with Crippen molar-refractivity contribution in [3.05, 3.63) is 78.2 Å². The maximum Gasteiger partial charge on any atom is 0.239 e. The Morgan fingerprint density at radius 3 is 2.55 bits per heavy atom. The maximum atomic E-state index is 12.5. The van der Waals surface area contributed by atoms with Crippen molar-refractivity contribution in [2.75, 3.05) is 26.0 Å². The van der Waals surface area contributed by atoms with Crippen LogP contribution in [0.4, 0.5) is 5.82 Å². The summed E-state index contributed by atoms with van der Waals surface area (Å²) in [5.74, 6) is 2.10. The third-order valence-corrected chi connectivity index (χ3v) is 4.94. The first-order valence-electron chi connectivity index (χ1n) is 10.1. The van der Waals surface area contributed by atoms with E-state index in [-0.39, 0.29) is 12.5 Å². The summed E-state index contributed by atoms with van der Waals surface area (Å²) in [5, 5.41) is 2.85. The first-order valence-corrected chi connectivity index (χ1v) is 10.1. The third kappa shape index (κ3) is 4.73. The van der Waals surface area contributed by atoms with Crippen LogP contribution in [0, 0.1) is 6.92 Å². The summed E-state index contributed by atoms with van der Waals surface area (Å²) >= 11 is 0. The molecule has 0 fully saturated rings. The van der Waals surface area contributed by atoms with Gasteiger partial charge in [-0.3, -0.25) is 14.3 Å². The van der Waals surface area contributed by atoms with E-state index in [1.807, 2.05) is 79.5 Å². The second kappa shape index (κ2) is 8.97. The molecule has 2 aromatic heterocycles. The molecule has 7 heteroatoms. The molecule has 0 radical (unpaired) electrons. The summed E-state index contributed by atoms with van der Waals surface area (Å²) < 4.78 is 7.40. The number of carbonyl (C=O) groups excluding carboxylic acids is 1. The topological polar surface area (TPSA) is 72.3 Å². The molecule has 4 aromatic rings. The van der Waals surface area contributed by atoms with Gasteiger partial charge in [0.2, 0.25) is 5.91 Å². The Morgan fingerprint density at radius 1 is 1.03 bits per heavy atom. The van der Waals surface area contributed by atoms with E-state index in [1.165, 1.54) is 0 Å². The molecule has 0 aliphatic rings. The van der Waals surface area contributed by atoms with E-state index in [4.69, 9.17) is 9.72 Å². The fourth-order valence-electron chi connectivity index (χ4n) is 3.54. The van der Waals surface area contributed by atoms with E-state index in [9.17, 15) is 4.79 Å². The predicted molar refractivity (Wildman–Crippen MR) is 122 cm³/mol. The number of benzene rings is 2. The van der Waals surface area contributed by atoms with Crippen molar-refractivity contribution in [2.24, 2.45) is 0 Å². The lowest BCUT2D eigenvalue weighted by Gasteiger charge is -2.17. The molecule has 1 N–H and O–H groups in total. The van der Waals surface area contributed by atoms with Crippen molar-refractivity contribution in [1.29, 1.82) is 0 Å². The van der Waals surface area contributed by atoms with E-state index in [2.05, 4.69) is 14.9 Å². The molecule has 0 spiro atoms. The van der Waals surface area contributed by atoms with Crippen LogP contribution in [0.1, 0.15) is 11.5 Å². The van der Waals surface area contributed by atoms with Crippen LogP contribution in [0.15, 0.2) is 66.7 Å². The lowest BCUT2D eigenvalue weighted by molar-refractivity contribution is -0.117. The number of aromatic nitrogens is 3. The molecule has 4 rings (SSSR count). The highest BCUT2D eigenvalue weighted by atomic mass is 16.5. The molecule has 0 atom stereocenters. The zero-order chi connectivity index (χ0) is 21.8. The van der Waals surface area contributed by atoms with Crippen LogP contribution in [-0.4, -0.2) is 46.0 Å². The van der Waals surface area contributed by atoms with Gasteiger partial charge in [-0.1, -0.05) is 18.2 Å². The Hall–Kier alpha value is -3.71. The number of nitrogens with one attached hydrogen (secondary N) is 1. The number of rotatable bonds is 7. The van der Waals surface area contributed by atoms with Crippen LogP contribution < -0.4 is 10.1 Å². The van der Waals surface area contributed by atoms with Crippen molar-refractivity contribution in [3.63, 3.8) is 0 Å². The number of carbonyl (C=O) groups is 1. The smallest absolute Gasteiger partial charge is 0.239 e. The van der Waals surface area contributed by atoms with Gasteiger partial charge in [-0.15, -0.1) is 0 Å². The summed E-state index contributed by atoms with van der Waals surface area (Å²) in [5.41, 5.74) is 3.78. The molecule has 7 nitrogen and oxygen atoms in total. The second-order valence-corrected chi connectivity index (χ2v) is 7.43. The second-order valence-electron chi connectivity index (χ2n) is 7.43. The van der Waals surface area contributed by atoms with Crippen LogP contribution in [-0.2, 0) is 11.3 Å². The van der Waals surface area contributed by atoms with E-state index in [0.717, 1.165) is 34.0 Å². The van der Waals surface area contributed by atoms with Gasteiger partial charge in [-0.2, -0.15) is 0 Å². The van der Waals surface area contributed by atoms with E-state index in [1.54, 1.807) is 13.2 Å². The minimum atomic E-state index is -0.118. The molecular formula is C24H25N5O2. The average Bonchev–Trinajstić information content (AvgIpc) is 3.11. The summed E-state index contributed by atoms with van der Waals surface area (Å²) in [6, 6.07) is 21.4. The van der Waals surface area contributed by atoms with Gasteiger partial charge in [-0.25, -0.2) is 9.97 Å². The van der Waals surface area contributed by atoms with Crippen LogP contribution in [0.2, 0.25) is 0 Å². The number of aryl methyl sites for hydroxylation is 1. The predicted octanol–water partition coefficient (Wildman–Crippen LogP) is 3.81. The molecule has 0 aliphatic carbocycles. The molecule has 158 valence electrons. The number of anilines is 1. The standard InChI is InChI=1S/C24H25N5O2/c1-17-7-6-10-22(25-17)27-24(30)16-28(2)15-23-26-20-8-4-5-9-21(20)29(23)18-11-13-19(31-3)14-12-18/h4-14H,15-16H2,1-3H3,(H,25,27,30). The van der Waals surface area contributed by atoms with E-state index in [0.29, 0.717) is 12.4 Å². The first-order chi connectivity index (χ1) is 15.0. The number of nitrogens with zero attached hydrogens (tertiary/aromatic N) is 4. The Labute approximate surface area is 181 Å². The minimum absolute atomic E-state index is 0.118. The number of hydrogen-bond donors (Lipinski definition) is 1. The Morgan fingerprint density at radius 2 is 1.81 bits per heavy atom.